The van der Waals surface area contributed by atoms with E-state index in [-0.39, 0.29) is 0 Å². The summed E-state index contributed by atoms with van der Waals surface area (Å²) in [5, 5.41) is 0. The number of aromatic nitrogens is 1. The summed E-state index contributed by atoms with van der Waals surface area (Å²) < 4.78 is 0. The molecule has 1 unspecified atom stereocenters. The van der Waals surface area contributed by atoms with Crippen molar-refractivity contribution in [3.63, 3.8) is 0 Å². The molecule has 0 aromatic carbocycles. The highest BCUT2D eigenvalue weighted by molar-refractivity contribution is 5.65. The molecule has 1 aliphatic rings. The Balaban J connectivity index is 2.15. The van der Waals surface area contributed by atoms with E-state index in [1.807, 2.05) is 0 Å². The van der Waals surface area contributed by atoms with Gasteiger partial charge in [-0.05, 0) is 55.2 Å². The third-order valence-electron chi connectivity index (χ3n) is 3.57. The summed E-state index contributed by atoms with van der Waals surface area (Å²) >= 11 is 0. The van der Waals surface area contributed by atoms with Gasteiger partial charge in [0.1, 0.15) is 0 Å². The molecule has 86 valence electrons. The number of rotatable bonds is 3. The quantitative estimate of drug-likeness (QED) is 0.720. The van der Waals surface area contributed by atoms with E-state index in [0.29, 0.717) is 5.92 Å². The number of pyridine rings is 1. The lowest BCUT2D eigenvalue weighted by Gasteiger charge is -2.14. The van der Waals surface area contributed by atoms with Crippen molar-refractivity contribution in [1.82, 2.24) is 4.98 Å². The van der Waals surface area contributed by atoms with Crippen molar-refractivity contribution < 1.29 is 0 Å². The van der Waals surface area contributed by atoms with Crippen molar-refractivity contribution >= 4 is 5.57 Å². The SMILES string of the molecule is CCC(C)c1ccc(C2=CCCCC2)cn1. The molecule has 0 saturated carbocycles. The minimum Gasteiger partial charge on any atom is -0.260 e. The van der Waals surface area contributed by atoms with Gasteiger partial charge in [-0.2, -0.15) is 0 Å². The Kier molecular flexibility index (Phi) is 3.76. The molecule has 0 N–H and O–H groups in total. The zero-order chi connectivity index (χ0) is 11.4. The van der Waals surface area contributed by atoms with Crippen LogP contribution in [0.1, 0.15) is 63.1 Å². The van der Waals surface area contributed by atoms with Crippen molar-refractivity contribution in [1.29, 1.82) is 0 Å². The first-order chi connectivity index (χ1) is 7.81. The first kappa shape index (κ1) is 11.4. The van der Waals surface area contributed by atoms with Crippen LogP contribution >= 0.6 is 0 Å². The summed E-state index contributed by atoms with van der Waals surface area (Å²) in [5.41, 5.74) is 4.05. The Morgan fingerprint density at radius 3 is 2.75 bits per heavy atom. The van der Waals surface area contributed by atoms with Crippen LogP contribution in [0.2, 0.25) is 0 Å². The van der Waals surface area contributed by atoms with Crippen LogP contribution in [0.5, 0.6) is 0 Å². The number of hydrogen-bond acceptors (Lipinski definition) is 1. The van der Waals surface area contributed by atoms with Gasteiger partial charge < -0.3 is 0 Å². The molecule has 1 nitrogen and oxygen atoms in total. The molecule has 16 heavy (non-hydrogen) atoms. The third kappa shape index (κ3) is 2.52. The van der Waals surface area contributed by atoms with Gasteiger partial charge in [-0.15, -0.1) is 0 Å². The topological polar surface area (TPSA) is 12.9 Å². The maximum atomic E-state index is 4.58. The molecule has 1 aromatic heterocycles. The van der Waals surface area contributed by atoms with Crippen molar-refractivity contribution in [2.75, 3.05) is 0 Å². The molecule has 2 rings (SSSR count). The number of nitrogens with zero attached hydrogens (tertiary/aromatic N) is 1. The summed E-state index contributed by atoms with van der Waals surface area (Å²) in [5.74, 6) is 0.578. The van der Waals surface area contributed by atoms with E-state index in [9.17, 15) is 0 Å². The van der Waals surface area contributed by atoms with Crippen molar-refractivity contribution in [2.45, 2.75) is 51.9 Å². The fourth-order valence-corrected chi connectivity index (χ4v) is 2.20. The number of allylic oxidation sites excluding steroid dienone is 2. The second-order valence-corrected chi connectivity index (χ2v) is 4.76. The molecule has 1 heterocycles. The average molecular weight is 215 g/mol. The molecule has 1 aliphatic carbocycles. The molecular formula is C15H21N. The van der Waals surface area contributed by atoms with E-state index in [4.69, 9.17) is 0 Å². The summed E-state index contributed by atoms with van der Waals surface area (Å²) in [6.07, 6.45) is 10.7. The molecule has 0 amide bonds. The molecule has 1 heteroatoms. The molecule has 0 bridgehead atoms. The summed E-state index contributed by atoms with van der Waals surface area (Å²) in [6, 6.07) is 4.44. The van der Waals surface area contributed by atoms with Crippen LogP contribution in [0.25, 0.3) is 5.57 Å². The Morgan fingerprint density at radius 1 is 1.31 bits per heavy atom. The Morgan fingerprint density at radius 2 is 2.19 bits per heavy atom. The van der Waals surface area contributed by atoms with Gasteiger partial charge in [0.05, 0.1) is 0 Å². The van der Waals surface area contributed by atoms with E-state index >= 15 is 0 Å². The lowest BCUT2D eigenvalue weighted by atomic mass is 9.94. The highest BCUT2D eigenvalue weighted by atomic mass is 14.7. The monoisotopic (exact) mass is 215 g/mol. The van der Waals surface area contributed by atoms with Gasteiger partial charge in [0, 0.05) is 11.9 Å². The van der Waals surface area contributed by atoms with Crippen molar-refractivity contribution in [2.24, 2.45) is 0 Å². The predicted octanol–water partition coefficient (Wildman–Crippen LogP) is 4.55. The number of hydrogen-bond donors (Lipinski definition) is 0. The van der Waals surface area contributed by atoms with Gasteiger partial charge in [0.15, 0.2) is 0 Å². The molecule has 0 fully saturated rings. The van der Waals surface area contributed by atoms with Crippen LogP contribution in [0, 0.1) is 0 Å². The molecular weight excluding hydrogens is 194 g/mol. The summed E-state index contributed by atoms with van der Waals surface area (Å²) in [7, 11) is 0. The maximum absolute atomic E-state index is 4.58. The molecule has 0 saturated heterocycles. The zero-order valence-corrected chi connectivity index (χ0v) is 10.4. The second kappa shape index (κ2) is 5.29. The second-order valence-electron chi connectivity index (χ2n) is 4.76. The minimum atomic E-state index is 0.578. The predicted molar refractivity (Wildman–Crippen MR) is 69.4 cm³/mol. The van der Waals surface area contributed by atoms with Gasteiger partial charge in [-0.1, -0.05) is 26.0 Å². The van der Waals surface area contributed by atoms with Crippen LogP contribution in [0.4, 0.5) is 0 Å². The highest BCUT2D eigenvalue weighted by Gasteiger charge is 2.08. The smallest absolute Gasteiger partial charge is 0.0432 e. The molecule has 1 atom stereocenters. The Bertz CT molecular complexity index is 362. The normalized spacial score (nSPS) is 18.0. The Labute approximate surface area is 98.6 Å². The lowest BCUT2D eigenvalue weighted by Crippen LogP contribution is -1.97. The van der Waals surface area contributed by atoms with Gasteiger partial charge >= 0.3 is 0 Å². The molecule has 0 spiro atoms. The van der Waals surface area contributed by atoms with E-state index < -0.39 is 0 Å². The average Bonchev–Trinajstić information content (AvgIpc) is 2.39. The first-order valence-corrected chi connectivity index (χ1v) is 6.46. The van der Waals surface area contributed by atoms with Crippen LogP contribution in [-0.4, -0.2) is 4.98 Å². The standard InChI is InChI=1S/C15H21N/c1-3-12(2)15-10-9-14(11-16-15)13-7-5-4-6-8-13/h7,9-12H,3-6,8H2,1-2H3. The summed E-state index contributed by atoms with van der Waals surface area (Å²) in [6.45, 7) is 4.45. The van der Waals surface area contributed by atoms with Gasteiger partial charge in [0.2, 0.25) is 0 Å². The minimum absolute atomic E-state index is 0.578. The lowest BCUT2D eigenvalue weighted by molar-refractivity contribution is 0.707. The fourth-order valence-electron chi connectivity index (χ4n) is 2.20. The fraction of sp³-hybridized carbons (Fsp3) is 0.533. The van der Waals surface area contributed by atoms with Crippen molar-refractivity contribution in [3.8, 4) is 0 Å². The zero-order valence-electron chi connectivity index (χ0n) is 10.4. The van der Waals surface area contributed by atoms with Crippen LogP contribution in [0.3, 0.4) is 0 Å². The van der Waals surface area contributed by atoms with Crippen LogP contribution < -0.4 is 0 Å². The van der Waals surface area contributed by atoms with Crippen LogP contribution in [0.15, 0.2) is 24.4 Å². The van der Waals surface area contributed by atoms with Crippen molar-refractivity contribution in [3.05, 3.63) is 35.7 Å². The third-order valence-corrected chi connectivity index (χ3v) is 3.57. The molecule has 0 aliphatic heterocycles. The largest absolute Gasteiger partial charge is 0.260 e. The van der Waals surface area contributed by atoms with Gasteiger partial charge in [0.25, 0.3) is 0 Å². The highest BCUT2D eigenvalue weighted by Crippen LogP contribution is 2.27. The molecule has 1 aromatic rings. The summed E-state index contributed by atoms with van der Waals surface area (Å²) in [4.78, 5) is 4.58. The Hall–Kier alpha value is -1.11. The van der Waals surface area contributed by atoms with E-state index in [1.165, 1.54) is 42.5 Å². The van der Waals surface area contributed by atoms with Gasteiger partial charge in [-0.3, -0.25) is 4.98 Å². The van der Waals surface area contributed by atoms with E-state index in [1.54, 1.807) is 0 Å². The van der Waals surface area contributed by atoms with E-state index in [0.717, 1.165) is 6.42 Å². The maximum Gasteiger partial charge on any atom is 0.0432 e. The first-order valence-electron chi connectivity index (χ1n) is 6.46. The van der Waals surface area contributed by atoms with E-state index in [2.05, 4.69) is 43.2 Å². The van der Waals surface area contributed by atoms with Gasteiger partial charge in [-0.25, -0.2) is 0 Å². The molecule has 0 radical (unpaired) electrons. The van der Waals surface area contributed by atoms with Crippen LogP contribution in [-0.2, 0) is 0 Å².